The molecule has 1 saturated heterocycles. The number of methoxy groups -OCH3 is 2. The number of carbonyl (C=O) groups is 2. The van der Waals surface area contributed by atoms with Gasteiger partial charge in [0.15, 0.2) is 11.5 Å². The van der Waals surface area contributed by atoms with Gasteiger partial charge in [-0.1, -0.05) is 19.9 Å². The predicted octanol–water partition coefficient (Wildman–Crippen LogP) is 1.37. The monoisotopic (exact) mass is 335 g/mol. The molecule has 1 heterocycles. The van der Waals surface area contributed by atoms with Crippen molar-refractivity contribution in [3.63, 3.8) is 0 Å². The number of nitrogens with zero attached hydrogens (tertiary/aromatic N) is 1. The Kier molecular flexibility index (Phi) is 5.89. The maximum Gasteiger partial charge on any atom is 0.318 e. The predicted molar refractivity (Wildman–Crippen MR) is 90.1 cm³/mol. The smallest absolute Gasteiger partial charge is 0.318 e. The van der Waals surface area contributed by atoms with Crippen molar-refractivity contribution in [1.82, 2.24) is 15.5 Å². The van der Waals surface area contributed by atoms with Crippen LogP contribution >= 0.6 is 0 Å². The van der Waals surface area contributed by atoms with Crippen LogP contribution in [0.3, 0.4) is 0 Å². The molecule has 1 atom stereocenters. The highest BCUT2D eigenvalue weighted by Crippen LogP contribution is 2.27. The highest BCUT2D eigenvalue weighted by Gasteiger charge is 2.35. The molecule has 24 heavy (non-hydrogen) atoms. The summed E-state index contributed by atoms with van der Waals surface area (Å²) >= 11 is 0. The van der Waals surface area contributed by atoms with Gasteiger partial charge in [0.25, 0.3) is 0 Å². The van der Waals surface area contributed by atoms with Gasteiger partial charge in [-0.15, -0.1) is 0 Å². The second kappa shape index (κ2) is 7.90. The first kappa shape index (κ1) is 17.9. The van der Waals surface area contributed by atoms with Crippen molar-refractivity contribution < 1.29 is 19.1 Å². The zero-order valence-electron chi connectivity index (χ0n) is 14.6. The van der Waals surface area contributed by atoms with Crippen molar-refractivity contribution in [2.45, 2.75) is 26.4 Å². The summed E-state index contributed by atoms with van der Waals surface area (Å²) in [5.74, 6) is 1.21. The molecule has 7 heteroatoms. The van der Waals surface area contributed by atoms with Crippen LogP contribution in [0.25, 0.3) is 0 Å². The van der Waals surface area contributed by atoms with Crippen molar-refractivity contribution in [3.05, 3.63) is 23.8 Å². The lowest BCUT2D eigenvalue weighted by molar-refractivity contribution is -0.129. The van der Waals surface area contributed by atoms with Gasteiger partial charge in [-0.2, -0.15) is 0 Å². The lowest BCUT2D eigenvalue weighted by atomic mass is 10.00. The number of carbonyl (C=O) groups excluding carboxylic acids is 2. The quantitative estimate of drug-likeness (QED) is 0.852. The second-order valence-corrected chi connectivity index (χ2v) is 6.02. The van der Waals surface area contributed by atoms with E-state index in [4.69, 9.17) is 9.47 Å². The van der Waals surface area contributed by atoms with Crippen molar-refractivity contribution >= 4 is 11.9 Å². The largest absolute Gasteiger partial charge is 0.493 e. The summed E-state index contributed by atoms with van der Waals surface area (Å²) in [5, 5.41) is 5.68. The Morgan fingerprint density at radius 3 is 2.67 bits per heavy atom. The van der Waals surface area contributed by atoms with E-state index in [2.05, 4.69) is 10.6 Å². The topological polar surface area (TPSA) is 79.9 Å². The van der Waals surface area contributed by atoms with Gasteiger partial charge in [0.05, 0.1) is 14.2 Å². The molecule has 1 fully saturated rings. The van der Waals surface area contributed by atoms with Gasteiger partial charge in [-0.25, -0.2) is 4.79 Å². The molecule has 1 aromatic carbocycles. The molecule has 0 spiro atoms. The summed E-state index contributed by atoms with van der Waals surface area (Å²) in [5.41, 5.74) is 0.892. The minimum absolute atomic E-state index is 0.0529. The zero-order valence-corrected chi connectivity index (χ0v) is 14.6. The number of hydrogen-bond donors (Lipinski definition) is 2. The van der Waals surface area contributed by atoms with E-state index in [1.165, 1.54) is 0 Å². The van der Waals surface area contributed by atoms with Crippen LogP contribution in [0, 0.1) is 5.92 Å². The lowest BCUT2D eigenvalue weighted by Crippen LogP contribution is -2.61. The molecule has 1 aromatic rings. The molecule has 0 saturated carbocycles. The summed E-state index contributed by atoms with van der Waals surface area (Å²) in [4.78, 5) is 26.1. The van der Waals surface area contributed by atoms with Gasteiger partial charge < -0.3 is 25.0 Å². The fourth-order valence-corrected chi connectivity index (χ4v) is 2.85. The fourth-order valence-electron chi connectivity index (χ4n) is 2.85. The van der Waals surface area contributed by atoms with Crippen LogP contribution in [0.2, 0.25) is 0 Å². The Balaban J connectivity index is 2.03. The summed E-state index contributed by atoms with van der Waals surface area (Å²) < 4.78 is 10.5. The SMILES string of the molecule is COc1ccc(CNC(=O)N2CCNC(=O)C2C(C)C)cc1OC. The van der Waals surface area contributed by atoms with Crippen molar-refractivity contribution in [3.8, 4) is 11.5 Å². The number of piperazine rings is 1. The lowest BCUT2D eigenvalue weighted by Gasteiger charge is -2.37. The Hall–Kier alpha value is -2.44. The molecule has 2 rings (SSSR count). The van der Waals surface area contributed by atoms with E-state index < -0.39 is 6.04 Å². The Labute approximate surface area is 142 Å². The van der Waals surface area contributed by atoms with E-state index in [0.717, 1.165) is 5.56 Å². The molecule has 1 aliphatic rings. The van der Waals surface area contributed by atoms with Crippen LogP contribution in [0.1, 0.15) is 19.4 Å². The maximum atomic E-state index is 12.5. The Morgan fingerprint density at radius 2 is 2.04 bits per heavy atom. The molecule has 0 aliphatic carbocycles. The van der Waals surface area contributed by atoms with E-state index >= 15 is 0 Å². The van der Waals surface area contributed by atoms with E-state index in [1.54, 1.807) is 25.2 Å². The number of urea groups is 1. The molecular formula is C17H25N3O4. The van der Waals surface area contributed by atoms with Gasteiger partial charge >= 0.3 is 6.03 Å². The third-order valence-electron chi connectivity index (χ3n) is 4.04. The third kappa shape index (κ3) is 3.90. The van der Waals surface area contributed by atoms with E-state index in [0.29, 0.717) is 31.1 Å². The van der Waals surface area contributed by atoms with Crippen LogP contribution in [0.15, 0.2) is 18.2 Å². The number of ether oxygens (including phenoxy) is 2. The van der Waals surface area contributed by atoms with Crippen molar-refractivity contribution in [2.75, 3.05) is 27.3 Å². The number of benzene rings is 1. The molecule has 1 unspecified atom stereocenters. The molecule has 132 valence electrons. The van der Waals surface area contributed by atoms with Crippen LogP contribution in [-0.4, -0.2) is 50.2 Å². The summed E-state index contributed by atoms with van der Waals surface area (Å²) in [6.07, 6.45) is 0. The van der Waals surface area contributed by atoms with Crippen LogP contribution in [-0.2, 0) is 11.3 Å². The van der Waals surface area contributed by atoms with Gasteiger partial charge in [0.1, 0.15) is 6.04 Å². The number of rotatable bonds is 5. The van der Waals surface area contributed by atoms with E-state index in [9.17, 15) is 9.59 Å². The molecule has 7 nitrogen and oxygen atoms in total. The molecule has 2 N–H and O–H groups in total. The fraction of sp³-hybridized carbons (Fsp3) is 0.529. The summed E-state index contributed by atoms with van der Waals surface area (Å²) in [6, 6.07) is 4.81. The van der Waals surface area contributed by atoms with Crippen LogP contribution in [0.5, 0.6) is 11.5 Å². The average Bonchev–Trinajstić information content (AvgIpc) is 2.58. The van der Waals surface area contributed by atoms with E-state index in [-0.39, 0.29) is 17.9 Å². The highest BCUT2D eigenvalue weighted by molar-refractivity contribution is 5.88. The number of amides is 3. The first-order valence-corrected chi connectivity index (χ1v) is 8.01. The maximum absolute atomic E-state index is 12.5. The van der Waals surface area contributed by atoms with Gasteiger partial charge in [0, 0.05) is 19.6 Å². The number of nitrogens with one attached hydrogen (secondary N) is 2. The standard InChI is InChI=1S/C17H25N3O4/c1-11(2)15-16(21)18-7-8-20(15)17(22)19-10-12-5-6-13(23-3)14(9-12)24-4/h5-6,9,11,15H,7-8,10H2,1-4H3,(H,18,21)(H,19,22). The summed E-state index contributed by atoms with van der Waals surface area (Å²) in [7, 11) is 3.15. The zero-order chi connectivity index (χ0) is 17.7. The van der Waals surface area contributed by atoms with Crippen LogP contribution < -0.4 is 20.1 Å². The molecule has 1 aliphatic heterocycles. The minimum atomic E-state index is -0.441. The normalized spacial score (nSPS) is 17.5. The Bertz CT molecular complexity index is 603. The second-order valence-electron chi connectivity index (χ2n) is 6.02. The average molecular weight is 335 g/mol. The van der Waals surface area contributed by atoms with Crippen LogP contribution in [0.4, 0.5) is 4.79 Å². The van der Waals surface area contributed by atoms with Gasteiger partial charge in [0.2, 0.25) is 5.91 Å². The molecule has 0 aromatic heterocycles. The highest BCUT2D eigenvalue weighted by atomic mass is 16.5. The minimum Gasteiger partial charge on any atom is -0.493 e. The van der Waals surface area contributed by atoms with E-state index in [1.807, 2.05) is 26.0 Å². The molecule has 3 amide bonds. The molecule has 0 bridgehead atoms. The van der Waals surface area contributed by atoms with Gasteiger partial charge in [-0.3, -0.25) is 4.79 Å². The Morgan fingerprint density at radius 1 is 1.33 bits per heavy atom. The van der Waals surface area contributed by atoms with Gasteiger partial charge in [-0.05, 0) is 23.6 Å². The van der Waals surface area contributed by atoms with Crippen molar-refractivity contribution in [2.24, 2.45) is 5.92 Å². The number of hydrogen-bond acceptors (Lipinski definition) is 4. The molecular weight excluding hydrogens is 310 g/mol. The molecule has 0 radical (unpaired) electrons. The summed E-state index contributed by atoms with van der Waals surface area (Å²) in [6.45, 7) is 5.20. The first-order valence-electron chi connectivity index (χ1n) is 8.01. The first-order chi connectivity index (χ1) is 11.5. The van der Waals surface area contributed by atoms with Crippen molar-refractivity contribution in [1.29, 1.82) is 0 Å². The third-order valence-corrected chi connectivity index (χ3v) is 4.04.